The maximum absolute atomic E-state index is 13.4. The molecule has 0 radical (unpaired) electrons. The van der Waals surface area contributed by atoms with Crippen LogP contribution in [-0.2, 0) is 13.0 Å². The lowest BCUT2D eigenvalue weighted by Crippen LogP contribution is -2.21. The van der Waals surface area contributed by atoms with Gasteiger partial charge in [-0.2, -0.15) is 5.10 Å². The van der Waals surface area contributed by atoms with E-state index in [1.807, 2.05) is 11.7 Å². The van der Waals surface area contributed by atoms with E-state index in [2.05, 4.69) is 38.3 Å². The van der Waals surface area contributed by atoms with E-state index in [9.17, 15) is 4.39 Å². The van der Waals surface area contributed by atoms with Crippen LogP contribution in [0.5, 0.6) is 0 Å². The Kier molecular flexibility index (Phi) is 5.25. The van der Waals surface area contributed by atoms with Gasteiger partial charge in [0, 0.05) is 23.5 Å². The van der Waals surface area contributed by atoms with Crippen molar-refractivity contribution in [1.82, 2.24) is 20.1 Å². The molecule has 0 aliphatic rings. The molecule has 1 unspecified atom stereocenters. The molecule has 4 nitrogen and oxygen atoms in total. The predicted molar refractivity (Wildman–Crippen MR) is 79.9 cm³/mol. The molecule has 108 valence electrons. The Bertz CT molecular complexity index is 570. The third-order valence-corrected chi connectivity index (χ3v) is 3.92. The van der Waals surface area contributed by atoms with Gasteiger partial charge in [0.1, 0.15) is 18.0 Å². The van der Waals surface area contributed by atoms with E-state index in [4.69, 9.17) is 0 Å². The first-order valence-corrected chi connectivity index (χ1v) is 7.44. The fourth-order valence-corrected chi connectivity index (χ4v) is 2.70. The molecule has 0 amide bonds. The van der Waals surface area contributed by atoms with Crippen molar-refractivity contribution in [2.75, 3.05) is 7.05 Å². The predicted octanol–water partition coefficient (Wildman–Crippen LogP) is 3.09. The van der Waals surface area contributed by atoms with Crippen LogP contribution < -0.4 is 5.32 Å². The molecule has 0 spiro atoms. The van der Waals surface area contributed by atoms with E-state index < -0.39 is 0 Å². The summed E-state index contributed by atoms with van der Waals surface area (Å²) >= 11 is 3.48. The average molecular weight is 341 g/mol. The summed E-state index contributed by atoms with van der Waals surface area (Å²) in [5.41, 5.74) is 0.888. The van der Waals surface area contributed by atoms with Gasteiger partial charge in [-0.1, -0.05) is 22.9 Å². The maximum atomic E-state index is 13.4. The average Bonchev–Trinajstić information content (AvgIpc) is 2.87. The summed E-state index contributed by atoms with van der Waals surface area (Å²) in [7, 11) is 1.86. The molecule has 2 rings (SSSR count). The van der Waals surface area contributed by atoms with E-state index in [-0.39, 0.29) is 11.9 Å². The van der Waals surface area contributed by atoms with Crippen LogP contribution in [-0.4, -0.2) is 21.8 Å². The molecule has 0 fully saturated rings. The number of halogens is 2. The highest BCUT2D eigenvalue weighted by Gasteiger charge is 2.17. The second-order valence-corrected chi connectivity index (χ2v) is 5.46. The van der Waals surface area contributed by atoms with Crippen molar-refractivity contribution in [3.63, 3.8) is 0 Å². The summed E-state index contributed by atoms with van der Waals surface area (Å²) in [4.78, 5) is 4.30. The van der Waals surface area contributed by atoms with Crippen LogP contribution in [0.3, 0.4) is 0 Å². The Morgan fingerprint density at radius 3 is 2.95 bits per heavy atom. The van der Waals surface area contributed by atoms with Crippen molar-refractivity contribution in [3.05, 3.63) is 46.2 Å². The van der Waals surface area contributed by atoms with Crippen LogP contribution in [0.4, 0.5) is 4.39 Å². The Labute approximate surface area is 126 Å². The summed E-state index contributed by atoms with van der Waals surface area (Å²) in [6.07, 6.45) is 3.24. The summed E-state index contributed by atoms with van der Waals surface area (Å²) in [6.45, 7) is 2.94. The lowest BCUT2D eigenvalue weighted by atomic mass is 10.0. The Morgan fingerprint density at radius 1 is 1.45 bits per heavy atom. The second-order valence-electron chi connectivity index (χ2n) is 4.61. The monoisotopic (exact) mass is 340 g/mol. The molecular weight excluding hydrogens is 323 g/mol. The molecule has 1 aromatic heterocycles. The number of rotatable bonds is 6. The number of nitrogens with zero attached hydrogens (tertiary/aromatic N) is 3. The number of aryl methyl sites for hydroxylation is 1. The van der Waals surface area contributed by atoms with Crippen molar-refractivity contribution in [2.45, 2.75) is 32.4 Å². The van der Waals surface area contributed by atoms with Gasteiger partial charge < -0.3 is 5.32 Å². The molecule has 0 aliphatic carbocycles. The zero-order valence-electron chi connectivity index (χ0n) is 11.6. The van der Waals surface area contributed by atoms with E-state index in [0.717, 1.165) is 28.8 Å². The minimum absolute atomic E-state index is 0.0140. The van der Waals surface area contributed by atoms with Gasteiger partial charge in [0.15, 0.2) is 0 Å². The van der Waals surface area contributed by atoms with Crippen molar-refractivity contribution in [1.29, 1.82) is 0 Å². The van der Waals surface area contributed by atoms with Gasteiger partial charge in [-0.15, -0.1) is 0 Å². The summed E-state index contributed by atoms with van der Waals surface area (Å²) in [5, 5.41) is 7.44. The molecule has 1 heterocycles. The SMILES string of the molecule is CCCn1ncnc1CC(NC)c1cc(F)ccc1Br. The number of nitrogens with one attached hydrogen (secondary N) is 1. The van der Waals surface area contributed by atoms with E-state index in [1.54, 1.807) is 18.5 Å². The summed E-state index contributed by atoms with van der Waals surface area (Å²) < 4.78 is 16.2. The molecule has 0 saturated heterocycles. The molecule has 6 heteroatoms. The first-order valence-electron chi connectivity index (χ1n) is 6.64. The zero-order valence-corrected chi connectivity index (χ0v) is 13.2. The van der Waals surface area contributed by atoms with Gasteiger partial charge in [-0.3, -0.25) is 4.68 Å². The Hall–Kier alpha value is -1.27. The molecular formula is C14H18BrFN4. The molecule has 1 aromatic carbocycles. The Morgan fingerprint density at radius 2 is 2.25 bits per heavy atom. The van der Waals surface area contributed by atoms with Crippen LogP contribution in [0.15, 0.2) is 29.0 Å². The highest BCUT2D eigenvalue weighted by molar-refractivity contribution is 9.10. The number of likely N-dealkylation sites (N-methyl/N-ethyl adjacent to an activating group) is 1. The standard InChI is InChI=1S/C14H18BrFN4/c1-3-6-20-14(18-9-19-20)8-13(17-2)11-7-10(16)4-5-12(11)15/h4-5,7,9,13,17H,3,6,8H2,1-2H3. The number of aromatic nitrogens is 3. The van der Waals surface area contributed by atoms with Gasteiger partial charge >= 0.3 is 0 Å². The molecule has 1 N–H and O–H groups in total. The lowest BCUT2D eigenvalue weighted by Gasteiger charge is -2.18. The van der Waals surface area contributed by atoms with Crippen LogP contribution in [0, 0.1) is 5.82 Å². The molecule has 1 atom stereocenters. The number of hydrogen-bond donors (Lipinski definition) is 1. The van der Waals surface area contributed by atoms with Crippen LogP contribution >= 0.6 is 15.9 Å². The normalized spacial score (nSPS) is 12.6. The van der Waals surface area contributed by atoms with E-state index in [0.29, 0.717) is 6.42 Å². The lowest BCUT2D eigenvalue weighted by molar-refractivity contribution is 0.513. The number of hydrogen-bond acceptors (Lipinski definition) is 3. The van der Waals surface area contributed by atoms with E-state index >= 15 is 0 Å². The van der Waals surface area contributed by atoms with Gasteiger partial charge in [-0.25, -0.2) is 9.37 Å². The minimum atomic E-state index is -0.238. The summed E-state index contributed by atoms with van der Waals surface area (Å²) in [6, 6.07) is 4.71. The van der Waals surface area contributed by atoms with Crippen molar-refractivity contribution < 1.29 is 4.39 Å². The van der Waals surface area contributed by atoms with Crippen molar-refractivity contribution >= 4 is 15.9 Å². The molecule has 20 heavy (non-hydrogen) atoms. The van der Waals surface area contributed by atoms with E-state index in [1.165, 1.54) is 6.07 Å². The minimum Gasteiger partial charge on any atom is -0.313 e. The van der Waals surface area contributed by atoms with Crippen molar-refractivity contribution in [3.8, 4) is 0 Å². The highest BCUT2D eigenvalue weighted by Crippen LogP contribution is 2.26. The van der Waals surface area contributed by atoms with Crippen molar-refractivity contribution in [2.24, 2.45) is 0 Å². The first-order chi connectivity index (χ1) is 9.65. The third kappa shape index (κ3) is 3.43. The molecule has 0 aliphatic heterocycles. The zero-order chi connectivity index (χ0) is 14.5. The summed E-state index contributed by atoms with van der Waals surface area (Å²) in [5.74, 6) is 0.667. The Balaban J connectivity index is 2.24. The van der Waals surface area contributed by atoms with Gasteiger partial charge in [0.2, 0.25) is 0 Å². The fraction of sp³-hybridized carbons (Fsp3) is 0.429. The molecule has 2 aromatic rings. The van der Waals surface area contributed by atoms with Gasteiger partial charge in [0.25, 0.3) is 0 Å². The highest BCUT2D eigenvalue weighted by atomic mass is 79.9. The first kappa shape index (κ1) is 15.1. The number of benzene rings is 1. The smallest absolute Gasteiger partial charge is 0.138 e. The van der Waals surface area contributed by atoms with Crippen LogP contribution in [0.1, 0.15) is 30.8 Å². The quantitative estimate of drug-likeness (QED) is 0.878. The van der Waals surface area contributed by atoms with Crippen LogP contribution in [0.2, 0.25) is 0 Å². The third-order valence-electron chi connectivity index (χ3n) is 3.20. The maximum Gasteiger partial charge on any atom is 0.138 e. The molecule has 0 saturated carbocycles. The topological polar surface area (TPSA) is 42.7 Å². The largest absolute Gasteiger partial charge is 0.313 e. The second kappa shape index (κ2) is 6.95. The van der Waals surface area contributed by atoms with Gasteiger partial charge in [-0.05, 0) is 37.2 Å². The van der Waals surface area contributed by atoms with Crippen LogP contribution in [0.25, 0.3) is 0 Å². The fourth-order valence-electron chi connectivity index (χ4n) is 2.18. The van der Waals surface area contributed by atoms with Gasteiger partial charge in [0.05, 0.1) is 0 Å². The molecule has 0 bridgehead atoms.